The summed E-state index contributed by atoms with van der Waals surface area (Å²) in [6.07, 6.45) is 3.17. The van der Waals surface area contributed by atoms with Crippen LogP contribution < -0.4 is 5.32 Å². The Hall–Kier alpha value is -1.56. The molecule has 1 aliphatic rings. The third-order valence-corrected chi connectivity index (χ3v) is 2.39. The van der Waals surface area contributed by atoms with Crippen LogP contribution in [0.4, 0.5) is 0 Å². The molecule has 17 heavy (non-hydrogen) atoms. The highest BCUT2D eigenvalue weighted by Crippen LogP contribution is 1.99. The van der Waals surface area contributed by atoms with Gasteiger partial charge < -0.3 is 19.7 Å². The third kappa shape index (κ3) is 5.35. The minimum absolute atomic E-state index is 0.104. The first-order valence-electron chi connectivity index (χ1n) is 5.57. The number of carbonyl (C=O) groups is 2. The summed E-state index contributed by atoms with van der Waals surface area (Å²) in [6, 6.07) is 0. The summed E-state index contributed by atoms with van der Waals surface area (Å²) in [4.78, 5) is 24.2. The van der Waals surface area contributed by atoms with Crippen LogP contribution in [0, 0.1) is 0 Å². The number of hydrogen-bond acceptors (Lipinski definition) is 5. The van der Waals surface area contributed by atoms with Gasteiger partial charge in [0.05, 0.1) is 20.3 Å². The fourth-order valence-electron chi connectivity index (χ4n) is 1.43. The van der Waals surface area contributed by atoms with Crippen molar-refractivity contribution in [1.29, 1.82) is 0 Å². The second-order valence-corrected chi connectivity index (χ2v) is 3.55. The summed E-state index contributed by atoms with van der Waals surface area (Å²) in [5.41, 5.74) is 0. The number of amides is 1. The molecule has 0 bridgehead atoms. The van der Waals surface area contributed by atoms with E-state index in [2.05, 4.69) is 10.1 Å². The molecule has 0 aliphatic carbocycles. The number of nitrogens with one attached hydrogen (secondary N) is 1. The van der Waals surface area contributed by atoms with Gasteiger partial charge in [-0.1, -0.05) is 0 Å². The molecule has 1 rings (SSSR count). The van der Waals surface area contributed by atoms with Gasteiger partial charge in [0.15, 0.2) is 0 Å². The molecule has 1 saturated heterocycles. The Morgan fingerprint density at radius 1 is 1.41 bits per heavy atom. The average molecular weight is 242 g/mol. The number of hydrogen-bond donors (Lipinski definition) is 1. The zero-order chi connectivity index (χ0) is 12.5. The van der Waals surface area contributed by atoms with Crippen LogP contribution in [0.25, 0.3) is 0 Å². The van der Waals surface area contributed by atoms with E-state index in [0.29, 0.717) is 39.3 Å². The van der Waals surface area contributed by atoms with Crippen molar-refractivity contribution in [3.05, 3.63) is 12.3 Å². The van der Waals surface area contributed by atoms with E-state index in [4.69, 9.17) is 4.74 Å². The summed E-state index contributed by atoms with van der Waals surface area (Å²) in [7, 11) is 1.31. The van der Waals surface area contributed by atoms with Crippen LogP contribution >= 0.6 is 0 Å². The van der Waals surface area contributed by atoms with Gasteiger partial charge >= 0.3 is 5.97 Å². The number of ether oxygens (including phenoxy) is 2. The molecule has 0 atom stereocenters. The topological polar surface area (TPSA) is 67.9 Å². The molecule has 0 aromatic heterocycles. The quantitative estimate of drug-likeness (QED) is 0.400. The average Bonchev–Trinajstić information content (AvgIpc) is 2.38. The molecule has 1 N–H and O–H groups in total. The Morgan fingerprint density at radius 3 is 2.76 bits per heavy atom. The molecule has 1 heterocycles. The van der Waals surface area contributed by atoms with E-state index >= 15 is 0 Å². The first-order chi connectivity index (χ1) is 8.24. The second kappa shape index (κ2) is 7.67. The van der Waals surface area contributed by atoms with Crippen LogP contribution in [0.5, 0.6) is 0 Å². The molecule has 1 amide bonds. The summed E-state index contributed by atoms with van der Waals surface area (Å²) in [6.45, 7) is 3.06. The predicted molar refractivity (Wildman–Crippen MR) is 61.2 cm³/mol. The fourth-order valence-corrected chi connectivity index (χ4v) is 1.43. The molecular formula is C11H18N2O4. The van der Waals surface area contributed by atoms with Gasteiger partial charge in [-0.2, -0.15) is 0 Å². The van der Waals surface area contributed by atoms with Crippen molar-refractivity contribution in [2.45, 2.75) is 6.42 Å². The lowest BCUT2D eigenvalue weighted by atomic mass is 10.3. The Labute approximate surface area is 101 Å². The predicted octanol–water partition coefficient (Wildman–Crippen LogP) is -0.488. The number of methoxy groups -OCH3 is 1. The molecule has 1 aliphatic heterocycles. The van der Waals surface area contributed by atoms with Crippen LogP contribution in [0.15, 0.2) is 12.3 Å². The lowest BCUT2D eigenvalue weighted by Crippen LogP contribution is -2.41. The smallest absolute Gasteiger partial charge is 0.331 e. The number of morpholine rings is 1. The molecule has 0 radical (unpaired) electrons. The van der Waals surface area contributed by atoms with Crippen LogP contribution in [0.3, 0.4) is 0 Å². The number of rotatable bonds is 5. The van der Waals surface area contributed by atoms with E-state index in [1.54, 1.807) is 4.90 Å². The summed E-state index contributed by atoms with van der Waals surface area (Å²) in [5, 5.41) is 2.86. The molecule has 6 nitrogen and oxygen atoms in total. The molecule has 0 unspecified atom stereocenters. The monoisotopic (exact) mass is 242 g/mol. The fraction of sp³-hybridized carbons (Fsp3) is 0.636. The molecule has 96 valence electrons. The van der Waals surface area contributed by atoms with E-state index in [0.717, 1.165) is 0 Å². The first kappa shape index (κ1) is 13.5. The number of carbonyl (C=O) groups excluding carboxylic acids is 2. The van der Waals surface area contributed by atoms with Gasteiger partial charge in [0.1, 0.15) is 0 Å². The van der Waals surface area contributed by atoms with E-state index in [1.165, 1.54) is 19.4 Å². The van der Waals surface area contributed by atoms with Crippen molar-refractivity contribution >= 4 is 11.9 Å². The SMILES string of the molecule is COC(=O)/C=C/NCCC(=O)N1CCOCC1. The maximum absolute atomic E-state index is 11.7. The van der Waals surface area contributed by atoms with Crippen molar-refractivity contribution in [3.63, 3.8) is 0 Å². The second-order valence-electron chi connectivity index (χ2n) is 3.55. The lowest BCUT2D eigenvalue weighted by molar-refractivity contribution is -0.135. The van der Waals surface area contributed by atoms with Gasteiger partial charge in [-0.3, -0.25) is 4.79 Å². The summed E-state index contributed by atoms with van der Waals surface area (Å²) < 4.78 is 9.58. The van der Waals surface area contributed by atoms with Gasteiger partial charge in [0.25, 0.3) is 0 Å². The molecular weight excluding hydrogens is 224 g/mol. The molecule has 0 aromatic rings. The Balaban J connectivity index is 2.11. The third-order valence-electron chi connectivity index (χ3n) is 2.39. The van der Waals surface area contributed by atoms with Gasteiger partial charge in [0.2, 0.25) is 5.91 Å². The van der Waals surface area contributed by atoms with Gasteiger partial charge in [-0.15, -0.1) is 0 Å². The van der Waals surface area contributed by atoms with Crippen molar-refractivity contribution < 1.29 is 19.1 Å². The van der Waals surface area contributed by atoms with Crippen molar-refractivity contribution in [2.24, 2.45) is 0 Å². The van der Waals surface area contributed by atoms with E-state index in [-0.39, 0.29) is 5.91 Å². The highest BCUT2D eigenvalue weighted by Gasteiger charge is 2.15. The Morgan fingerprint density at radius 2 is 2.12 bits per heavy atom. The maximum atomic E-state index is 11.7. The minimum Gasteiger partial charge on any atom is -0.466 e. The lowest BCUT2D eigenvalue weighted by Gasteiger charge is -2.26. The van der Waals surface area contributed by atoms with E-state index in [1.807, 2.05) is 0 Å². The number of nitrogens with zero attached hydrogens (tertiary/aromatic N) is 1. The van der Waals surface area contributed by atoms with Crippen molar-refractivity contribution in [1.82, 2.24) is 10.2 Å². The van der Waals surface area contributed by atoms with Gasteiger partial charge in [-0.05, 0) is 0 Å². The summed E-state index contributed by atoms with van der Waals surface area (Å²) >= 11 is 0. The maximum Gasteiger partial charge on any atom is 0.331 e. The molecule has 1 fully saturated rings. The van der Waals surface area contributed by atoms with Crippen molar-refractivity contribution in [2.75, 3.05) is 40.0 Å². The van der Waals surface area contributed by atoms with E-state index < -0.39 is 5.97 Å². The van der Waals surface area contributed by atoms with Crippen LogP contribution in [0.1, 0.15) is 6.42 Å². The standard InChI is InChI=1S/C11H18N2O4/c1-16-11(15)3-5-12-4-2-10(14)13-6-8-17-9-7-13/h3,5,12H,2,4,6-9H2,1H3/b5-3+. The minimum atomic E-state index is -0.419. The summed E-state index contributed by atoms with van der Waals surface area (Å²) in [5.74, 6) is -0.315. The van der Waals surface area contributed by atoms with E-state index in [9.17, 15) is 9.59 Å². The molecule has 0 aromatic carbocycles. The van der Waals surface area contributed by atoms with Crippen LogP contribution in [-0.4, -0.2) is 56.7 Å². The van der Waals surface area contributed by atoms with Crippen LogP contribution in [-0.2, 0) is 19.1 Å². The first-order valence-corrected chi connectivity index (χ1v) is 5.57. The van der Waals surface area contributed by atoms with Crippen LogP contribution in [0.2, 0.25) is 0 Å². The zero-order valence-electron chi connectivity index (χ0n) is 9.98. The highest BCUT2D eigenvalue weighted by molar-refractivity contribution is 5.81. The highest BCUT2D eigenvalue weighted by atomic mass is 16.5. The largest absolute Gasteiger partial charge is 0.466 e. The Kier molecular flexibility index (Phi) is 6.09. The molecule has 6 heteroatoms. The normalized spacial score (nSPS) is 15.9. The Bertz CT molecular complexity index is 285. The molecule has 0 saturated carbocycles. The van der Waals surface area contributed by atoms with Gasteiger partial charge in [-0.25, -0.2) is 4.79 Å². The number of esters is 1. The molecule has 0 spiro atoms. The van der Waals surface area contributed by atoms with Crippen molar-refractivity contribution in [3.8, 4) is 0 Å². The zero-order valence-corrected chi connectivity index (χ0v) is 9.98. The van der Waals surface area contributed by atoms with Gasteiger partial charge in [0, 0.05) is 38.3 Å².